The molecule has 0 bridgehead atoms. The Labute approximate surface area is 139 Å². The van der Waals surface area contributed by atoms with Crippen LogP contribution in [0.25, 0.3) is 0 Å². The highest BCUT2D eigenvalue weighted by Gasteiger charge is 2.06. The normalized spacial score (nSPS) is 11.1. The van der Waals surface area contributed by atoms with E-state index < -0.39 is 0 Å². The molecule has 5 heteroatoms. The molecule has 3 N–H and O–H groups in total. The van der Waals surface area contributed by atoms with E-state index in [0.717, 1.165) is 18.7 Å². The van der Waals surface area contributed by atoms with E-state index in [0.29, 0.717) is 25.0 Å². The molecule has 1 aromatic carbocycles. The number of halogens is 1. The van der Waals surface area contributed by atoms with E-state index in [1.807, 2.05) is 18.2 Å². The number of hydrogen-bond acceptors (Lipinski definition) is 2. The lowest BCUT2D eigenvalue weighted by atomic mass is 10.0. The number of guanidine groups is 1. The lowest BCUT2D eigenvalue weighted by molar-refractivity contribution is 0.318. The standard InChI is InChI=1S/C15H25N3O.HI/c1-4-9-17-15(16)18-10-11-19-14-8-6-5-7-13(14)12(2)3;/h5-8,12H,4,9-11H2,1-3H3,(H3,16,17,18);1H. The molecule has 0 unspecified atom stereocenters. The maximum atomic E-state index is 5.78. The number of nitrogens with two attached hydrogens (primary N) is 1. The fraction of sp³-hybridized carbons (Fsp3) is 0.533. The Morgan fingerprint density at radius 1 is 1.35 bits per heavy atom. The summed E-state index contributed by atoms with van der Waals surface area (Å²) in [5.41, 5.74) is 6.93. The minimum Gasteiger partial charge on any atom is -0.491 e. The van der Waals surface area contributed by atoms with Crippen LogP contribution in [0.15, 0.2) is 29.3 Å². The fourth-order valence-electron chi connectivity index (χ4n) is 1.72. The molecule has 0 heterocycles. The second-order valence-corrected chi connectivity index (χ2v) is 4.73. The molecule has 0 aromatic heterocycles. The highest BCUT2D eigenvalue weighted by molar-refractivity contribution is 14.0. The molecule has 0 radical (unpaired) electrons. The van der Waals surface area contributed by atoms with Crippen LogP contribution in [0.4, 0.5) is 0 Å². The number of nitrogens with one attached hydrogen (secondary N) is 1. The third-order valence-corrected chi connectivity index (χ3v) is 2.71. The van der Waals surface area contributed by atoms with Crippen LogP contribution < -0.4 is 15.8 Å². The van der Waals surface area contributed by atoms with Gasteiger partial charge in [-0.3, -0.25) is 4.99 Å². The van der Waals surface area contributed by atoms with Crippen molar-refractivity contribution in [3.8, 4) is 5.75 Å². The van der Waals surface area contributed by atoms with Crippen molar-refractivity contribution in [3.63, 3.8) is 0 Å². The predicted octanol–water partition coefficient (Wildman–Crippen LogP) is 3.12. The van der Waals surface area contributed by atoms with Crippen molar-refractivity contribution < 1.29 is 4.74 Å². The lowest BCUT2D eigenvalue weighted by Gasteiger charge is -2.14. The molecular weight excluding hydrogens is 365 g/mol. The first-order valence-electron chi connectivity index (χ1n) is 6.90. The number of nitrogens with zero attached hydrogens (tertiary/aromatic N) is 1. The van der Waals surface area contributed by atoms with Gasteiger partial charge in [0, 0.05) is 6.54 Å². The summed E-state index contributed by atoms with van der Waals surface area (Å²) in [5.74, 6) is 1.89. The zero-order valence-electron chi connectivity index (χ0n) is 12.6. The van der Waals surface area contributed by atoms with Gasteiger partial charge in [-0.15, -0.1) is 24.0 Å². The van der Waals surface area contributed by atoms with Gasteiger partial charge in [0.15, 0.2) is 5.96 Å². The van der Waals surface area contributed by atoms with E-state index in [1.54, 1.807) is 0 Å². The van der Waals surface area contributed by atoms with Gasteiger partial charge in [-0.05, 0) is 24.0 Å². The number of benzene rings is 1. The van der Waals surface area contributed by atoms with E-state index in [9.17, 15) is 0 Å². The van der Waals surface area contributed by atoms with E-state index in [-0.39, 0.29) is 24.0 Å². The Kier molecular flexibility index (Phi) is 10.2. The zero-order valence-corrected chi connectivity index (χ0v) is 14.9. The molecule has 1 rings (SSSR count). The SMILES string of the molecule is CCCN=C(N)NCCOc1ccccc1C(C)C.I. The van der Waals surface area contributed by atoms with Crippen molar-refractivity contribution in [1.29, 1.82) is 0 Å². The summed E-state index contributed by atoms with van der Waals surface area (Å²) in [6, 6.07) is 8.13. The molecule has 0 saturated carbocycles. The Hall–Kier alpha value is -0.980. The molecule has 0 aliphatic heterocycles. The van der Waals surface area contributed by atoms with Crippen LogP contribution in [0.2, 0.25) is 0 Å². The van der Waals surface area contributed by atoms with Crippen LogP contribution in [0.5, 0.6) is 5.75 Å². The van der Waals surface area contributed by atoms with Gasteiger partial charge in [-0.25, -0.2) is 0 Å². The summed E-state index contributed by atoms with van der Waals surface area (Å²) in [7, 11) is 0. The van der Waals surface area contributed by atoms with Crippen molar-refractivity contribution in [2.24, 2.45) is 10.7 Å². The summed E-state index contributed by atoms with van der Waals surface area (Å²) in [6.45, 7) is 8.39. The van der Waals surface area contributed by atoms with E-state index in [2.05, 4.69) is 37.1 Å². The van der Waals surface area contributed by atoms with Gasteiger partial charge in [-0.2, -0.15) is 0 Å². The Morgan fingerprint density at radius 2 is 2.05 bits per heavy atom. The maximum absolute atomic E-state index is 5.78. The predicted molar refractivity (Wildman–Crippen MR) is 96.2 cm³/mol. The molecule has 1 aromatic rings. The molecule has 114 valence electrons. The van der Waals surface area contributed by atoms with Crippen LogP contribution in [-0.4, -0.2) is 25.7 Å². The summed E-state index contributed by atoms with van der Waals surface area (Å²) >= 11 is 0. The first kappa shape index (κ1) is 19.0. The van der Waals surface area contributed by atoms with Crippen molar-refractivity contribution in [3.05, 3.63) is 29.8 Å². The Bertz CT molecular complexity index is 408. The van der Waals surface area contributed by atoms with Crippen molar-refractivity contribution in [1.82, 2.24) is 5.32 Å². The summed E-state index contributed by atoms with van der Waals surface area (Å²) in [6.07, 6.45) is 1.00. The molecule has 4 nitrogen and oxygen atoms in total. The third kappa shape index (κ3) is 6.98. The Morgan fingerprint density at radius 3 is 2.70 bits per heavy atom. The van der Waals surface area contributed by atoms with Gasteiger partial charge in [0.1, 0.15) is 12.4 Å². The largest absolute Gasteiger partial charge is 0.491 e. The second kappa shape index (κ2) is 10.8. The monoisotopic (exact) mass is 391 g/mol. The molecule has 0 fully saturated rings. The Balaban J connectivity index is 0.00000361. The van der Waals surface area contributed by atoms with Gasteiger partial charge in [0.25, 0.3) is 0 Å². The molecule has 0 amide bonds. The second-order valence-electron chi connectivity index (χ2n) is 4.73. The van der Waals surface area contributed by atoms with Gasteiger partial charge >= 0.3 is 0 Å². The van der Waals surface area contributed by atoms with Crippen LogP contribution in [0, 0.1) is 0 Å². The van der Waals surface area contributed by atoms with Crippen LogP contribution >= 0.6 is 24.0 Å². The topological polar surface area (TPSA) is 59.6 Å². The minimum absolute atomic E-state index is 0. The van der Waals surface area contributed by atoms with Crippen molar-refractivity contribution in [2.75, 3.05) is 19.7 Å². The smallest absolute Gasteiger partial charge is 0.188 e. The summed E-state index contributed by atoms with van der Waals surface area (Å²) in [4.78, 5) is 4.16. The average molecular weight is 391 g/mol. The van der Waals surface area contributed by atoms with Crippen LogP contribution in [0.3, 0.4) is 0 Å². The lowest BCUT2D eigenvalue weighted by Crippen LogP contribution is -2.34. The first-order valence-corrected chi connectivity index (χ1v) is 6.90. The quantitative estimate of drug-likeness (QED) is 0.325. The van der Waals surface area contributed by atoms with E-state index in [4.69, 9.17) is 10.5 Å². The van der Waals surface area contributed by atoms with Crippen molar-refractivity contribution >= 4 is 29.9 Å². The number of rotatable bonds is 7. The van der Waals surface area contributed by atoms with E-state index in [1.165, 1.54) is 5.56 Å². The maximum Gasteiger partial charge on any atom is 0.188 e. The highest BCUT2D eigenvalue weighted by atomic mass is 127. The molecule has 0 saturated heterocycles. The van der Waals surface area contributed by atoms with Crippen LogP contribution in [0.1, 0.15) is 38.7 Å². The number of para-hydroxylation sites is 1. The van der Waals surface area contributed by atoms with Gasteiger partial charge in [-0.1, -0.05) is 39.0 Å². The third-order valence-electron chi connectivity index (χ3n) is 2.71. The molecule has 0 spiro atoms. The molecule has 0 atom stereocenters. The van der Waals surface area contributed by atoms with Gasteiger partial charge < -0.3 is 15.8 Å². The molecule has 0 aliphatic rings. The number of hydrogen-bond donors (Lipinski definition) is 2. The average Bonchev–Trinajstić information content (AvgIpc) is 2.41. The van der Waals surface area contributed by atoms with Crippen LogP contribution in [-0.2, 0) is 0 Å². The summed E-state index contributed by atoms with van der Waals surface area (Å²) in [5, 5.41) is 3.04. The summed E-state index contributed by atoms with van der Waals surface area (Å²) < 4.78 is 5.78. The minimum atomic E-state index is 0. The molecule has 0 aliphatic carbocycles. The van der Waals surface area contributed by atoms with E-state index >= 15 is 0 Å². The number of ether oxygens (including phenoxy) is 1. The fourth-order valence-corrected chi connectivity index (χ4v) is 1.72. The number of aliphatic imine (C=N–C) groups is 1. The molecule has 20 heavy (non-hydrogen) atoms. The van der Waals surface area contributed by atoms with Gasteiger partial charge in [0.05, 0.1) is 6.54 Å². The van der Waals surface area contributed by atoms with Gasteiger partial charge in [0.2, 0.25) is 0 Å². The first-order chi connectivity index (χ1) is 9.15. The highest BCUT2D eigenvalue weighted by Crippen LogP contribution is 2.25. The molecular formula is C15H26IN3O. The zero-order chi connectivity index (χ0) is 14.1. The van der Waals surface area contributed by atoms with Crippen molar-refractivity contribution in [2.45, 2.75) is 33.1 Å².